The largest absolute Gasteiger partial charge is 0.480 e. The van der Waals surface area contributed by atoms with Gasteiger partial charge >= 0.3 is 5.97 Å². The first-order valence-corrected chi connectivity index (χ1v) is 10.6. The number of hydrogen-bond donors (Lipinski definition) is 1. The van der Waals surface area contributed by atoms with E-state index in [1.807, 2.05) is 0 Å². The predicted octanol–water partition coefficient (Wildman–Crippen LogP) is 3.48. The number of amides is 1. The van der Waals surface area contributed by atoms with Crippen LogP contribution in [0.4, 0.5) is 0 Å². The van der Waals surface area contributed by atoms with Crippen molar-refractivity contribution in [2.24, 2.45) is 5.92 Å². The van der Waals surface area contributed by atoms with Crippen molar-refractivity contribution >= 4 is 20.1 Å². The standard InChI is InChI=1S/C15H29NO3Si/c1-7-8-9-10-11-12(14(18)19)16(13(11)17)20(5,6)15(2,3)4/h11-12H,7-10H2,1-6H3,(H,18,19)/t11-,12+/m1/s1. The van der Waals surface area contributed by atoms with Crippen molar-refractivity contribution in [3.05, 3.63) is 0 Å². The van der Waals surface area contributed by atoms with E-state index in [9.17, 15) is 14.7 Å². The van der Waals surface area contributed by atoms with Gasteiger partial charge in [-0.15, -0.1) is 0 Å². The fraction of sp³-hybridized carbons (Fsp3) is 0.867. The summed E-state index contributed by atoms with van der Waals surface area (Å²) in [6.45, 7) is 12.6. The van der Waals surface area contributed by atoms with Crippen molar-refractivity contribution in [2.45, 2.75) is 77.6 Å². The van der Waals surface area contributed by atoms with Gasteiger partial charge < -0.3 is 9.67 Å². The van der Waals surface area contributed by atoms with Crippen molar-refractivity contribution in [1.29, 1.82) is 0 Å². The molecule has 0 aromatic rings. The molecule has 116 valence electrons. The van der Waals surface area contributed by atoms with E-state index in [0.29, 0.717) is 0 Å². The van der Waals surface area contributed by atoms with Crippen LogP contribution in [-0.4, -0.2) is 35.8 Å². The molecule has 1 heterocycles. The number of carbonyl (C=O) groups is 2. The van der Waals surface area contributed by atoms with Crippen LogP contribution in [0.1, 0.15) is 53.4 Å². The van der Waals surface area contributed by atoms with E-state index in [-0.39, 0.29) is 16.9 Å². The molecule has 0 aliphatic carbocycles. The molecule has 1 saturated heterocycles. The molecule has 0 saturated carbocycles. The molecule has 2 atom stereocenters. The molecule has 1 aliphatic rings. The van der Waals surface area contributed by atoms with Gasteiger partial charge in [-0.3, -0.25) is 4.79 Å². The van der Waals surface area contributed by atoms with Gasteiger partial charge in [0.25, 0.3) is 0 Å². The van der Waals surface area contributed by atoms with Gasteiger partial charge in [0, 0.05) is 0 Å². The molecule has 5 heteroatoms. The highest BCUT2D eigenvalue weighted by atomic mass is 28.3. The van der Waals surface area contributed by atoms with E-state index < -0.39 is 20.2 Å². The summed E-state index contributed by atoms with van der Waals surface area (Å²) in [4.78, 5) is 24.0. The molecule has 1 fully saturated rings. The Labute approximate surface area is 123 Å². The van der Waals surface area contributed by atoms with Crippen LogP contribution in [0, 0.1) is 5.92 Å². The molecule has 0 unspecified atom stereocenters. The quantitative estimate of drug-likeness (QED) is 0.464. The smallest absolute Gasteiger partial charge is 0.326 e. The van der Waals surface area contributed by atoms with Crippen molar-refractivity contribution in [2.75, 3.05) is 0 Å². The normalized spacial score (nSPS) is 23.7. The maximum absolute atomic E-state index is 12.5. The molecule has 1 N–H and O–H groups in total. The predicted molar refractivity (Wildman–Crippen MR) is 83.1 cm³/mol. The minimum Gasteiger partial charge on any atom is -0.480 e. The highest BCUT2D eigenvalue weighted by molar-refractivity contribution is 6.80. The third-order valence-electron chi connectivity index (χ3n) is 5.02. The Morgan fingerprint density at radius 2 is 1.85 bits per heavy atom. The van der Waals surface area contributed by atoms with Gasteiger partial charge in [-0.2, -0.15) is 0 Å². The molecule has 20 heavy (non-hydrogen) atoms. The molecular formula is C15H29NO3Si. The molecule has 0 aromatic carbocycles. The average molecular weight is 299 g/mol. The highest BCUT2D eigenvalue weighted by Gasteiger charge is 2.59. The summed E-state index contributed by atoms with van der Waals surface area (Å²) in [5, 5.41) is 9.48. The lowest BCUT2D eigenvalue weighted by Gasteiger charge is -2.56. The van der Waals surface area contributed by atoms with Crippen LogP contribution in [0.3, 0.4) is 0 Å². The highest BCUT2D eigenvalue weighted by Crippen LogP contribution is 2.45. The molecular weight excluding hydrogens is 270 g/mol. The maximum Gasteiger partial charge on any atom is 0.326 e. The first-order valence-electron chi connectivity index (χ1n) is 7.61. The Morgan fingerprint density at radius 1 is 1.30 bits per heavy atom. The van der Waals surface area contributed by atoms with E-state index in [4.69, 9.17) is 0 Å². The average Bonchev–Trinajstić information content (AvgIpc) is 2.28. The first-order chi connectivity index (χ1) is 9.05. The van der Waals surface area contributed by atoms with Gasteiger partial charge in [0.05, 0.1) is 5.92 Å². The fourth-order valence-electron chi connectivity index (χ4n) is 2.71. The van der Waals surface area contributed by atoms with Crippen LogP contribution < -0.4 is 0 Å². The van der Waals surface area contributed by atoms with Gasteiger partial charge in [-0.25, -0.2) is 4.79 Å². The summed E-state index contributed by atoms with van der Waals surface area (Å²) in [6, 6.07) is -0.597. The monoisotopic (exact) mass is 299 g/mol. The number of β-lactam (4-membered cyclic amide) rings is 1. The summed E-state index contributed by atoms with van der Waals surface area (Å²) < 4.78 is 1.73. The number of carbonyl (C=O) groups excluding carboxylic acids is 1. The van der Waals surface area contributed by atoms with Crippen LogP contribution >= 0.6 is 0 Å². The van der Waals surface area contributed by atoms with Gasteiger partial charge in [0.1, 0.15) is 6.04 Å². The van der Waals surface area contributed by atoms with Crippen LogP contribution in [0.2, 0.25) is 18.1 Å². The van der Waals surface area contributed by atoms with E-state index in [1.54, 1.807) is 4.57 Å². The molecule has 1 aliphatic heterocycles. The molecule has 4 nitrogen and oxygen atoms in total. The maximum atomic E-state index is 12.5. The Balaban J connectivity index is 2.89. The van der Waals surface area contributed by atoms with Gasteiger partial charge in [0.2, 0.25) is 5.91 Å². The zero-order valence-corrected chi connectivity index (χ0v) is 14.7. The lowest BCUT2D eigenvalue weighted by atomic mass is 9.85. The third kappa shape index (κ3) is 2.92. The Bertz CT molecular complexity index is 387. The lowest BCUT2D eigenvalue weighted by molar-refractivity contribution is -0.164. The third-order valence-corrected chi connectivity index (χ3v) is 10.4. The van der Waals surface area contributed by atoms with Crippen molar-refractivity contribution in [1.82, 2.24) is 4.57 Å². The minimum absolute atomic E-state index is 0.0231. The second-order valence-electron chi connectivity index (χ2n) is 7.40. The summed E-state index contributed by atoms with van der Waals surface area (Å²) in [6.07, 6.45) is 3.82. The second kappa shape index (κ2) is 5.88. The van der Waals surface area contributed by atoms with Crippen LogP contribution in [-0.2, 0) is 9.59 Å². The van der Waals surface area contributed by atoms with Crippen LogP contribution in [0.15, 0.2) is 0 Å². The van der Waals surface area contributed by atoms with Gasteiger partial charge in [-0.05, 0) is 11.5 Å². The molecule has 0 radical (unpaired) electrons. The summed E-state index contributed by atoms with van der Waals surface area (Å²) in [7, 11) is -2.10. The number of hydrogen-bond acceptors (Lipinski definition) is 2. The summed E-state index contributed by atoms with van der Waals surface area (Å²) in [5.41, 5.74) is 0. The number of nitrogens with zero attached hydrogens (tertiary/aromatic N) is 1. The van der Waals surface area contributed by atoms with E-state index >= 15 is 0 Å². The van der Waals surface area contributed by atoms with E-state index in [1.165, 1.54) is 0 Å². The lowest BCUT2D eigenvalue weighted by Crippen LogP contribution is -2.74. The van der Waals surface area contributed by atoms with E-state index in [0.717, 1.165) is 25.7 Å². The summed E-state index contributed by atoms with van der Waals surface area (Å²) in [5.74, 6) is -1.07. The second-order valence-corrected chi connectivity index (χ2v) is 12.5. The molecule has 1 amide bonds. The summed E-state index contributed by atoms with van der Waals surface area (Å²) >= 11 is 0. The first kappa shape index (κ1) is 17.2. The Hall–Kier alpha value is -0.843. The SMILES string of the molecule is CCCCC[C@H]1C(=O)N([Si](C)(C)C(C)(C)C)[C@@H]1C(=O)O. The number of carboxylic acids is 1. The van der Waals surface area contributed by atoms with Crippen molar-refractivity contribution < 1.29 is 14.7 Å². The number of unbranched alkanes of at least 4 members (excludes halogenated alkanes) is 2. The zero-order valence-electron chi connectivity index (χ0n) is 13.7. The minimum atomic E-state index is -2.10. The topological polar surface area (TPSA) is 57.6 Å². The van der Waals surface area contributed by atoms with Crippen molar-refractivity contribution in [3.8, 4) is 0 Å². The molecule has 1 rings (SSSR count). The number of carboxylic acid groups (broad SMARTS) is 1. The number of aliphatic carboxylic acids is 1. The van der Waals surface area contributed by atoms with Crippen LogP contribution in [0.5, 0.6) is 0 Å². The molecule has 0 bridgehead atoms. The van der Waals surface area contributed by atoms with Crippen molar-refractivity contribution in [3.63, 3.8) is 0 Å². The van der Waals surface area contributed by atoms with Crippen LogP contribution in [0.25, 0.3) is 0 Å². The molecule has 0 aromatic heterocycles. The zero-order chi connectivity index (χ0) is 15.7. The fourth-order valence-corrected chi connectivity index (χ4v) is 5.14. The van der Waals surface area contributed by atoms with E-state index in [2.05, 4.69) is 40.8 Å². The molecule has 0 spiro atoms. The Kier molecular flexibility index (Phi) is 5.06. The number of rotatable bonds is 6. The Morgan fingerprint density at radius 3 is 2.25 bits per heavy atom. The van der Waals surface area contributed by atoms with Gasteiger partial charge in [-0.1, -0.05) is 60.1 Å². The van der Waals surface area contributed by atoms with Gasteiger partial charge in [0.15, 0.2) is 8.24 Å².